The molecule has 0 heterocycles. The molecule has 3 rings (SSSR count). The Morgan fingerprint density at radius 1 is 0.944 bits per heavy atom. The van der Waals surface area contributed by atoms with Gasteiger partial charge in [-0.1, -0.05) is 67.9 Å². The Morgan fingerprint density at radius 3 is 2.17 bits per heavy atom. The van der Waals surface area contributed by atoms with Gasteiger partial charge in [-0.2, -0.15) is 13.2 Å². The maximum absolute atomic E-state index is 13.5. The molecule has 192 valence electrons. The zero-order chi connectivity index (χ0) is 26.5. The van der Waals surface area contributed by atoms with Crippen LogP contribution in [0.15, 0.2) is 83.8 Å². The molecule has 3 aromatic carbocycles. The summed E-state index contributed by atoms with van der Waals surface area (Å²) in [6, 6.07) is 18.7. The summed E-state index contributed by atoms with van der Waals surface area (Å²) >= 11 is 0. The molecule has 0 spiro atoms. The molecule has 1 unspecified atom stereocenters. The van der Waals surface area contributed by atoms with Crippen molar-refractivity contribution < 1.29 is 26.4 Å². The van der Waals surface area contributed by atoms with E-state index in [1.54, 1.807) is 19.1 Å². The van der Waals surface area contributed by atoms with Gasteiger partial charge in [0.25, 0.3) is 10.0 Å². The van der Waals surface area contributed by atoms with Crippen LogP contribution < -0.4 is 9.62 Å². The second-order valence-electron chi connectivity index (χ2n) is 9.03. The highest BCUT2D eigenvalue weighted by Gasteiger charge is 2.33. The number of amides is 1. The fraction of sp³-hybridized carbons (Fsp3) is 0.296. The first-order valence-corrected chi connectivity index (χ1v) is 12.9. The van der Waals surface area contributed by atoms with E-state index in [-0.39, 0.29) is 22.5 Å². The van der Waals surface area contributed by atoms with Crippen molar-refractivity contribution in [2.75, 3.05) is 10.8 Å². The third-order valence-corrected chi connectivity index (χ3v) is 7.39. The molecule has 1 N–H and O–H groups in total. The average Bonchev–Trinajstić information content (AvgIpc) is 2.82. The summed E-state index contributed by atoms with van der Waals surface area (Å²) in [5.74, 6) is -0.399. The number of nitrogens with one attached hydrogen (secondary N) is 1. The minimum absolute atomic E-state index is 0.125. The van der Waals surface area contributed by atoms with E-state index >= 15 is 0 Å². The highest BCUT2D eigenvalue weighted by molar-refractivity contribution is 7.92. The molecule has 0 aliphatic carbocycles. The highest BCUT2D eigenvalue weighted by Crippen LogP contribution is 2.33. The predicted molar refractivity (Wildman–Crippen MR) is 134 cm³/mol. The molecule has 0 radical (unpaired) electrons. The molecule has 0 aliphatic heterocycles. The standard InChI is InChI=1S/C27H29F3N2O3S/c1-19(2)16-25(21-8-5-4-6-9-21)31-26(33)18-32(23-11-7-10-22(17-23)27(28,29)30)36(34,35)24-14-12-20(3)13-15-24/h4-15,17,19,25H,16,18H2,1-3H3,(H,31,33). The first-order valence-electron chi connectivity index (χ1n) is 11.5. The molecule has 3 aromatic rings. The number of sulfonamides is 1. The van der Waals surface area contributed by atoms with Crippen LogP contribution in [0.25, 0.3) is 0 Å². The van der Waals surface area contributed by atoms with Crippen LogP contribution in [0.2, 0.25) is 0 Å². The van der Waals surface area contributed by atoms with Crippen LogP contribution in [0.3, 0.4) is 0 Å². The zero-order valence-electron chi connectivity index (χ0n) is 20.3. The van der Waals surface area contributed by atoms with E-state index in [0.717, 1.165) is 33.6 Å². The number of hydrogen-bond donors (Lipinski definition) is 1. The van der Waals surface area contributed by atoms with E-state index in [0.29, 0.717) is 6.42 Å². The number of hydrogen-bond acceptors (Lipinski definition) is 3. The number of carbonyl (C=O) groups excluding carboxylic acids is 1. The van der Waals surface area contributed by atoms with Crippen LogP contribution >= 0.6 is 0 Å². The van der Waals surface area contributed by atoms with E-state index in [1.807, 2.05) is 44.2 Å². The lowest BCUT2D eigenvalue weighted by molar-refractivity contribution is -0.137. The Labute approximate surface area is 210 Å². The minimum Gasteiger partial charge on any atom is -0.348 e. The zero-order valence-corrected chi connectivity index (χ0v) is 21.1. The molecule has 1 atom stereocenters. The normalized spacial score (nSPS) is 12.9. The van der Waals surface area contributed by atoms with Crippen molar-refractivity contribution >= 4 is 21.6 Å². The molecule has 0 aliphatic rings. The number of carbonyl (C=O) groups is 1. The smallest absolute Gasteiger partial charge is 0.348 e. The van der Waals surface area contributed by atoms with Crippen molar-refractivity contribution in [2.45, 2.75) is 44.3 Å². The van der Waals surface area contributed by atoms with Gasteiger partial charge in [-0.3, -0.25) is 9.10 Å². The molecule has 0 aromatic heterocycles. The largest absolute Gasteiger partial charge is 0.416 e. The number of rotatable bonds is 9. The van der Waals surface area contributed by atoms with Gasteiger partial charge in [0.05, 0.1) is 22.2 Å². The van der Waals surface area contributed by atoms with E-state index in [4.69, 9.17) is 0 Å². The number of alkyl halides is 3. The lowest BCUT2D eigenvalue weighted by atomic mass is 9.97. The summed E-state index contributed by atoms with van der Waals surface area (Å²) in [6.45, 7) is 5.10. The van der Waals surface area contributed by atoms with E-state index < -0.39 is 34.2 Å². The van der Waals surface area contributed by atoms with Crippen molar-refractivity contribution in [3.05, 3.63) is 95.6 Å². The van der Waals surface area contributed by atoms with Crippen molar-refractivity contribution in [3.63, 3.8) is 0 Å². The number of anilines is 1. The molecule has 0 bridgehead atoms. The number of aryl methyl sites for hydroxylation is 1. The van der Waals surface area contributed by atoms with E-state index in [2.05, 4.69) is 5.32 Å². The Balaban J connectivity index is 1.99. The molecule has 9 heteroatoms. The molecule has 0 saturated carbocycles. The van der Waals surface area contributed by atoms with Gasteiger partial charge in [0.2, 0.25) is 5.91 Å². The first kappa shape index (κ1) is 27.3. The van der Waals surface area contributed by atoms with Crippen molar-refractivity contribution in [3.8, 4) is 0 Å². The van der Waals surface area contributed by atoms with Gasteiger partial charge < -0.3 is 5.32 Å². The molecular weight excluding hydrogens is 489 g/mol. The maximum atomic E-state index is 13.5. The van der Waals surface area contributed by atoms with Crippen molar-refractivity contribution in [1.82, 2.24) is 5.32 Å². The van der Waals surface area contributed by atoms with Crippen molar-refractivity contribution in [2.24, 2.45) is 5.92 Å². The van der Waals surface area contributed by atoms with Crippen LogP contribution in [0.4, 0.5) is 18.9 Å². The van der Waals surface area contributed by atoms with E-state index in [1.165, 1.54) is 18.2 Å². The van der Waals surface area contributed by atoms with Crippen LogP contribution in [0.5, 0.6) is 0 Å². The summed E-state index contributed by atoms with van der Waals surface area (Å²) in [5, 5.41) is 2.88. The predicted octanol–water partition coefficient (Wildman–Crippen LogP) is 6.11. The fourth-order valence-corrected chi connectivity index (χ4v) is 5.21. The molecule has 0 fully saturated rings. The molecule has 1 amide bonds. The molecule has 5 nitrogen and oxygen atoms in total. The lowest BCUT2D eigenvalue weighted by Crippen LogP contribution is -2.42. The third kappa shape index (κ3) is 6.87. The van der Waals surface area contributed by atoms with E-state index in [9.17, 15) is 26.4 Å². The number of halogens is 3. The van der Waals surface area contributed by atoms with Crippen molar-refractivity contribution in [1.29, 1.82) is 0 Å². The molecular formula is C27H29F3N2O3S. The Kier molecular flexibility index (Phi) is 8.45. The van der Waals surface area contributed by atoms with Gasteiger partial charge >= 0.3 is 6.18 Å². The Morgan fingerprint density at radius 2 is 1.58 bits per heavy atom. The van der Waals surface area contributed by atoms with Crippen LogP contribution in [-0.4, -0.2) is 20.9 Å². The third-order valence-electron chi connectivity index (χ3n) is 5.60. The number of nitrogens with zero attached hydrogens (tertiary/aromatic N) is 1. The summed E-state index contributed by atoms with van der Waals surface area (Å²) in [5.41, 5.74) is 0.412. The maximum Gasteiger partial charge on any atom is 0.416 e. The first-order chi connectivity index (χ1) is 16.9. The van der Waals surface area contributed by atoms with Gasteiger partial charge in [-0.05, 0) is 55.2 Å². The number of benzene rings is 3. The topological polar surface area (TPSA) is 66.5 Å². The van der Waals surface area contributed by atoms with Gasteiger partial charge in [0.15, 0.2) is 0 Å². The molecule has 36 heavy (non-hydrogen) atoms. The SMILES string of the molecule is Cc1ccc(S(=O)(=O)N(CC(=O)NC(CC(C)C)c2ccccc2)c2cccc(C(F)(F)F)c2)cc1. The second kappa shape index (κ2) is 11.2. The second-order valence-corrected chi connectivity index (χ2v) is 10.9. The Hall–Kier alpha value is -3.33. The van der Waals surface area contributed by atoms with Gasteiger partial charge in [0, 0.05) is 0 Å². The van der Waals surface area contributed by atoms with Crippen LogP contribution in [0, 0.1) is 12.8 Å². The summed E-state index contributed by atoms with van der Waals surface area (Å²) in [4.78, 5) is 13.0. The van der Waals surface area contributed by atoms with Crippen LogP contribution in [0.1, 0.15) is 43.0 Å². The highest BCUT2D eigenvalue weighted by atomic mass is 32.2. The lowest BCUT2D eigenvalue weighted by Gasteiger charge is -2.27. The van der Waals surface area contributed by atoms with Gasteiger partial charge in [-0.15, -0.1) is 0 Å². The van der Waals surface area contributed by atoms with Gasteiger partial charge in [0.1, 0.15) is 6.54 Å². The summed E-state index contributed by atoms with van der Waals surface area (Å²) < 4.78 is 68.0. The summed E-state index contributed by atoms with van der Waals surface area (Å²) in [7, 11) is -4.35. The minimum atomic E-state index is -4.67. The van der Waals surface area contributed by atoms with Gasteiger partial charge in [-0.25, -0.2) is 8.42 Å². The van der Waals surface area contributed by atoms with Crippen LogP contribution in [-0.2, 0) is 21.0 Å². The fourth-order valence-electron chi connectivity index (χ4n) is 3.80. The quantitative estimate of drug-likeness (QED) is 0.372. The Bertz CT molecular complexity index is 1280. The summed E-state index contributed by atoms with van der Waals surface area (Å²) in [6.07, 6.45) is -4.07. The average molecular weight is 519 g/mol. The molecule has 0 saturated heterocycles. The monoisotopic (exact) mass is 518 g/mol.